The molecule has 0 unspecified atom stereocenters. The van der Waals surface area contributed by atoms with Gasteiger partial charge in [0.25, 0.3) is 0 Å². The molecule has 17 heavy (non-hydrogen) atoms. The van der Waals surface area contributed by atoms with Crippen LogP contribution in [0, 0.1) is 0 Å². The zero-order valence-electron chi connectivity index (χ0n) is 8.37. The maximum Gasteiger partial charge on any atom is 0.232 e. The smallest absolute Gasteiger partial charge is 0.218 e. The first-order chi connectivity index (χ1) is 7.97. The maximum atomic E-state index is 5.81. The molecular weight excluding hydrogens is 302 g/mol. The van der Waals surface area contributed by atoms with Gasteiger partial charge in [-0.25, -0.2) is 9.97 Å². The fraction of sp³-hybridized carbons (Fsp3) is 0.0909. The minimum atomic E-state index is -1.61. The minimum Gasteiger partial charge on any atom is -0.218 e. The number of hydrogen-bond donors (Lipinski definition) is 0. The topological polar surface area (TPSA) is 25.8 Å². The fourth-order valence-electron chi connectivity index (χ4n) is 1.32. The van der Waals surface area contributed by atoms with E-state index in [1.807, 2.05) is 30.3 Å². The molecule has 0 aliphatic carbocycles. The van der Waals surface area contributed by atoms with Gasteiger partial charge >= 0.3 is 0 Å². The third-order valence-electron chi connectivity index (χ3n) is 2.06. The van der Waals surface area contributed by atoms with Crippen molar-refractivity contribution >= 4 is 46.4 Å². The number of aromatic nitrogens is 2. The Kier molecular flexibility index (Phi) is 3.79. The first-order valence-electron chi connectivity index (χ1n) is 4.64. The van der Waals surface area contributed by atoms with Gasteiger partial charge in [-0.05, 0) is 17.7 Å². The van der Waals surface area contributed by atoms with Crippen molar-refractivity contribution in [2.75, 3.05) is 0 Å². The molecule has 0 bridgehead atoms. The Balaban J connectivity index is 2.54. The summed E-state index contributed by atoms with van der Waals surface area (Å²) in [5, 5.41) is 0.0488. The Hall–Kier alpha value is -0.540. The summed E-state index contributed by atoms with van der Waals surface area (Å²) in [6.45, 7) is 0. The molecule has 6 heteroatoms. The second kappa shape index (κ2) is 4.99. The van der Waals surface area contributed by atoms with Crippen LogP contribution >= 0.6 is 46.4 Å². The number of rotatable bonds is 1. The van der Waals surface area contributed by atoms with Gasteiger partial charge in [0.1, 0.15) is 0 Å². The summed E-state index contributed by atoms with van der Waals surface area (Å²) >= 11 is 23.1. The molecule has 0 N–H and O–H groups in total. The highest BCUT2D eigenvalue weighted by Gasteiger charge is 2.26. The van der Waals surface area contributed by atoms with E-state index in [1.165, 1.54) is 0 Å². The molecule has 2 nitrogen and oxygen atoms in total. The van der Waals surface area contributed by atoms with Gasteiger partial charge in [0.2, 0.25) is 9.08 Å². The van der Waals surface area contributed by atoms with Crippen LogP contribution in [0.25, 0.3) is 11.3 Å². The Morgan fingerprint density at radius 2 is 1.59 bits per heavy atom. The lowest BCUT2D eigenvalue weighted by atomic mass is 10.1. The van der Waals surface area contributed by atoms with Crippen molar-refractivity contribution in [3.8, 4) is 11.3 Å². The second-order valence-corrected chi connectivity index (χ2v) is 5.89. The molecule has 0 aliphatic rings. The van der Waals surface area contributed by atoms with Gasteiger partial charge in [-0.2, -0.15) is 0 Å². The molecule has 0 aliphatic heterocycles. The Labute approximate surface area is 119 Å². The van der Waals surface area contributed by atoms with E-state index in [0.717, 1.165) is 5.56 Å². The molecule has 88 valence electrons. The number of benzene rings is 1. The third-order valence-corrected chi connectivity index (χ3v) is 2.81. The summed E-state index contributed by atoms with van der Waals surface area (Å²) in [5.41, 5.74) is 1.75. The summed E-state index contributed by atoms with van der Waals surface area (Å²) in [6.07, 6.45) is 0. The monoisotopic (exact) mass is 306 g/mol. The van der Waals surface area contributed by atoms with E-state index in [4.69, 9.17) is 46.4 Å². The van der Waals surface area contributed by atoms with Crippen molar-refractivity contribution in [1.82, 2.24) is 9.97 Å². The SMILES string of the molecule is Clc1nc(-c2ccccc2)cc(C(Cl)(Cl)Cl)n1. The molecular formula is C11H6Cl4N2. The standard InChI is InChI=1S/C11H6Cl4N2/c12-10-16-8(7-4-2-1-3-5-7)6-9(17-10)11(13,14)15/h1-6H. The minimum absolute atomic E-state index is 0.0488. The highest BCUT2D eigenvalue weighted by Crippen LogP contribution is 2.38. The molecule has 0 saturated carbocycles. The van der Waals surface area contributed by atoms with Crippen LogP contribution in [0.5, 0.6) is 0 Å². The van der Waals surface area contributed by atoms with Crippen molar-refractivity contribution < 1.29 is 0 Å². The zero-order valence-corrected chi connectivity index (χ0v) is 11.4. The predicted octanol–water partition coefficient (Wildman–Crippen LogP) is 4.62. The lowest BCUT2D eigenvalue weighted by molar-refractivity contribution is 1.04. The van der Waals surface area contributed by atoms with Gasteiger partial charge in [-0.1, -0.05) is 65.1 Å². The van der Waals surface area contributed by atoms with Crippen LogP contribution in [0.3, 0.4) is 0 Å². The summed E-state index contributed by atoms with van der Waals surface area (Å²) in [7, 11) is 0. The van der Waals surface area contributed by atoms with E-state index >= 15 is 0 Å². The van der Waals surface area contributed by atoms with Crippen LogP contribution in [0.2, 0.25) is 5.28 Å². The summed E-state index contributed by atoms with van der Waals surface area (Å²) in [5.74, 6) is 0. The molecule has 0 radical (unpaired) electrons. The van der Waals surface area contributed by atoms with Gasteiger partial charge in [-0.3, -0.25) is 0 Å². The molecule has 0 amide bonds. The zero-order chi connectivity index (χ0) is 12.5. The third kappa shape index (κ3) is 3.23. The van der Waals surface area contributed by atoms with Crippen LogP contribution in [0.4, 0.5) is 0 Å². The van der Waals surface area contributed by atoms with E-state index in [0.29, 0.717) is 5.69 Å². The summed E-state index contributed by atoms with van der Waals surface area (Å²) in [6, 6.07) is 11.1. The van der Waals surface area contributed by atoms with Crippen molar-refractivity contribution in [2.24, 2.45) is 0 Å². The highest BCUT2D eigenvalue weighted by atomic mass is 35.6. The van der Waals surface area contributed by atoms with Crippen LogP contribution in [-0.4, -0.2) is 9.97 Å². The maximum absolute atomic E-state index is 5.81. The van der Waals surface area contributed by atoms with Crippen molar-refractivity contribution in [1.29, 1.82) is 0 Å². The van der Waals surface area contributed by atoms with Gasteiger partial charge in [0, 0.05) is 5.56 Å². The Bertz CT molecular complexity index is 523. The lowest BCUT2D eigenvalue weighted by Crippen LogP contribution is -2.05. The molecule has 0 saturated heterocycles. The molecule has 1 heterocycles. The molecule has 2 aromatic rings. The molecule has 0 spiro atoms. The van der Waals surface area contributed by atoms with Crippen LogP contribution < -0.4 is 0 Å². The van der Waals surface area contributed by atoms with E-state index in [9.17, 15) is 0 Å². The van der Waals surface area contributed by atoms with E-state index in [2.05, 4.69) is 9.97 Å². The Morgan fingerprint density at radius 1 is 0.941 bits per heavy atom. The first kappa shape index (κ1) is 12.9. The van der Waals surface area contributed by atoms with Gasteiger partial charge in [0.15, 0.2) is 0 Å². The molecule has 1 aromatic carbocycles. The summed E-state index contributed by atoms with van der Waals surface area (Å²) < 4.78 is -1.61. The number of hydrogen-bond acceptors (Lipinski definition) is 2. The average Bonchev–Trinajstić information content (AvgIpc) is 2.28. The predicted molar refractivity (Wildman–Crippen MR) is 71.7 cm³/mol. The van der Waals surface area contributed by atoms with E-state index in [-0.39, 0.29) is 11.0 Å². The first-order valence-corrected chi connectivity index (χ1v) is 6.15. The van der Waals surface area contributed by atoms with Crippen LogP contribution in [-0.2, 0) is 3.79 Å². The number of halogens is 4. The van der Waals surface area contributed by atoms with Gasteiger partial charge in [0.05, 0.1) is 11.4 Å². The number of alkyl halides is 3. The van der Waals surface area contributed by atoms with Crippen molar-refractivity contribution in [2.45, 2.75) is 3.79 Å². The molecule has 2 rings (SSSR count). The quantitative estimate of drug-likeness (QED) is 0.567. The second-order valence-electron chi connectivity index (χ2n) is 3.27. The Morgan fingerprint density at radius 3 is 2.18 bits per heavy atom. The van der Waals surface area contributed by atoms with Crippen LogP contribution in [0.1, 0.15) is 5.69 Å². The fourth-order valence-corrected chi connectivity index (χ4v) is 1.79. The van der Waals surface area contributed by atoms with Crippen molar-refractivity contribution in [3.63, 3.8) is 0 Å². The van der Waals surface area contributed by atoms with Gasteiger partial charge < -0.3 is 0 Å². The lowest BCUT2D eigenvalue weighted by Gasteiger charge is -2.11. The highest BCUT2D eigenvalue weighted by molar-refractivity contribution is 6.66. The average molecular weight is 308 g/mol. The number of nitrogens with zero attached hydrogens (tertiary/aromatic N) is 2. The van der Waals surface area contributed by atoms with Crippen molar-refractivity contribution in [3.05, 3.63) is 47.4 Å². The van der Waals surface area contributed by atoms with E-state index < -0.39 is 3.79 Å². The molecule has 0 fully saturated rings. The van der Waals surface area contributed by atoms with Gasteiger partial charge in [-0.15, -0.1) is 0 Å². The molecule has 1 aromatic heterocycles. The molecule has 0 atom stereocenters. The van der Waals surface area contributed by atoms with E-state index in [1.54, 1.807) is 6.07 Å². The summed E-state index contributed by atoms with van der Waals surface area (Å²) in [4.78, 5) is 7.99. The normalized spacial score (nSPS) is 11.5. The largest absolute Gasteiger partial charge is 0.232 e. The van der Waals surface area contributed by atoms with Crippen LogP contribution in [0.15, 0.2) is 36.4 Å².